The van der Waals surface area contributed by atoms with E-state index in [4.69, 9.17) is 5.73 Å². The molecule has 3 atom stereocenters. The van der Waals surface area contributed by atoms with E-state index in [0.717, 1.165) is 11.0 Å². The van der Waals surface area contributed by atoms with Crippen LogP contribution in [0.15, 0.2) is 18.2 Å². The van der Waals surface area contributed by atoms with Gasteiger partial charge in [-0.25, -0.2) is 4.98 Å². The van der Waals surface area contributed by atoms with Crippen LogP contribution in [-0.4, -0.2) is 30.9 Å². The number of nitrogens with zero attached hydrogens (tertiary/aromatic N) is 2. The number of aliphatic hydroxyl groups excluding tert-OH is 1. The highest BCUT2D eigenvalue weighted by molar-refractivity contribution is 7.84. The summed E-state index contributed by atoms with van der Waals surface area (Å²) in [6.45, 7) is 3.65. The summed E-state index contributed by atoms with van der Waals surface area (Å²) in [5.41, 5.74) is 8.06. The van der Waals surface area contributed by atoms with Crippen molar-refractivity contribution >= 4 is 27.5 Å². The van der Waals surface area contributed by atoms with E-state index >= 15 is 0 Å². The fourth-order valence-electron chi connectivity index (χ4n) is 2.31. The Morgan fingerprint density at radius 2 is 2.16 bits per heavy atom. The van der Waals surface area contributed by atoms with E-state index in [9.17, 15) is 9.32 Å². The molecule has 1 aromatic carbocycles. The van der Waals surface area contributed by atoms with E-state index in [2.05, 4.69) is 4.98 Å². The number of rotatable bonds is 4. The van der Waals surface area contributed by atoms with Gasteiger partial charge in [0, 0.05) is 34.5 Å². The molecule has 1 heterocycles. The molecule has 2 rings (SSSR count). The summed E-state index contributed by atoms with van der Waals surface area (Å²) in [5, 5.41) is 9.87. The molecule has 104 valence electrons. The Kier molecular flexibility index (Phi) is 3.91. The number of imidazole rings is 1. The monoisotopic (exact) mass is 281 g/mol. The first kappa shape index (κ1) is 14.0. The Morgan fingerprint density at radius 3 is 2.74 bits per heavy atom. The van der Waals surface area contributed by atoms with Crippen molar-refractivity contribution < 1.29 is 9.32 Å². The summed E-state index contributed by atoms with van der Waals surface area (Å²) >= 11 is 0. The van der Waals surface area contributed by atoms with Crippen LogP contribution < -0.4 is 5.73 Å². The molecule has 1 aromatic heterocycles. The van der Waals surface area contributed by atoms with Gasteiger partial charge in [0.15, 0.2) is 0 Å². The predicted molar refractivity (Wildman–Crippen MR) is 78.4 cm³/mol. The highest BCUT2D eigenvalue weighted by Gasteiger charge is 2.19. The molecule has 0 aliphatic heterocycles. The van der Waals surface area contributed by atoms with Crippen LogP contribution in [0, 0.1) is 0 Å². The molecule has 2 aromatic rings. The molecular weight excluding hydrogens is 262 g/mol. The number of hydrogen-bond donors (Lipinski definition) is 2. The molecule has 6 heteroatoms. The van der Waals surface area contributed by atoms with Gasteiger partial charge in [0.05, 0.1) is 11.0 Å². The topological polar surface area (TPSA) is 81.1 Å². The van der Waals surface area contributed by atoms with Gasteiger partial charge >= 0.3 is 0 Å². The van der Waals surface area contributed by atoms with E-state index in [1.54, 1.807) is 19.2 Å². The van der Waals surface area contributed by atoms with Gasteiger partial charge in [0.1, 0.15) is 11.9 Å². The second-order valence-electron chi connectivity index (χ2n) is 4.85. The third-order valence-electron chi connectivity index (χ3n) is 3.03. The van der Waals surface area contributed by atoms with Gasteiger partial charge in [0.2, 0.25) is 0 Å². The summed E-state index contributed by atoms with van der Waals surface area (Å²) in [7, 11) is -0.904. The molecule has 0 saturated carbocycles. The van der Waals surface area contributed by atoms with Crippen molar-refractivity contribution in [3.63, 3.8) is 0 Å². The predicted octanol–water partition coefficient (Wildman–Crippen LogP) is 1.61. The van der Waals surface area contributed by atoms with Crippen LogP contribution >= 0.6 is 0 Å². The lowest BCUT2D eigenvalue weighted by molar-refractivity contribution is 0.183. The van der Waals surface area contributed by atoms with Gasteiger partial charge in [-0.1, -0.05) is 0 Å². The summed E-state index contributed by atoms with van der Waals surface area (Å²) < 4.78 is 13.4. The maximum atomic E-state index is 11.4. The molecule has 0 radical (unpaired) electrons. The molecule has 0 aliphatic carbocycles. The van der Waals surface area contributed by atoms with E-state index in [-0.39, 0.29) is 6.04 Å². The average molecular weight is 281 g/mol. The van der Waals surface area contributed by atoms with Gasteiger partial charge in [0.25, 0.3) is 0 Å². The molecule has 0 fully saturated rings. The molecule has 3 N–H and O–H groups in total. The summed E-state index contributed by atoms with van der Waals surface area (Å²) in [4.78, 5) is 4.44. The van der Waals surface area contributed by atoms with E-state index < -0.39 is 16.9 Å². The van der Waals surface area contributed by atoms with Crippen molar-refractivity contribution in [1.82, 2.24) is 9.55 Å². The number of nitrogen functional groups attached to an aromatic ring is 1. The maximum Gasteiger partial charge on any atom is 0.138 e. The summed E-state index contributed by atoms with van der Waals surface area (Å²) in [6, 6.07) is 5.48. The first-order valence-electron chi connectivity index (χ1n) is 6.15. The van der Waals surface area contributed by atoms with Crippen molar-refractivity contribution in [3.05, 3.63) is 24.0 Å². The van der Waals surface area contributed by atoms with E-state index in [1.165, 1.54) is 0 Å². The summed E-state index contributed by atoms with van der Waals surface area (Å²) in [5.74, 6) is 1.11. The summed E-state index contributed by atoms with van der Waals surface area (Å²) in [6.07, 6.45) is 0.997. The zero-order chi connectivity index (χ0) is 14.2. The second kappa shape index (κ2) is 5.30. The molecule has 19 heavy (non-hydrogen) atoms. The minimum Gasteiger partial charge on any atom is -0.399 e. The van der Waals surface area contributed by atoms with E-state index in [1.807, 2.05) is 23.6 Å². The number of hydrogen-bond acceptors (Lipinski definition) is 4. The van der Waals surface area contributed by atoms with Crippen molar-refractivity contribution in [2.24, 2.45) is 0 Å². The number of benzene rings is 1. The smallest absolute Gasteiger partial charge is 0.138 e. The third kappa shape index (κ3) is 2.79. The highest BCUT2D eigenvalue weighted by atomic mass is 32.2. The first-order valence-corrected chi connectivity index (χ1v) is 7.88. The Labute approximate surface area is 114 Å². The van der Waals surface area contributed by atoms with Crippen molar-refractivity contribution in [3.8, 4) is 0 Å². The van der Waals surface area contributed by atoms with Gasteiger partial charge in [-0.2, -0.15) is 0 Å². The number of aromatic nitrogens is 2. The maximum absolute atomic E-state index is 11.4. The molecular formula is C13H19N3O2S. The largest absolute Gasteiger partial charge is 0.399 e. The molecule has 0 bridgehead atoms. The molecule has 0 saturated heterocycles. The minimum absolute atomic E-state index is 0.00376. The van der Waals surface area contributed by atoms with Crippen LogP contribution in [0.4, 0.5) is 5.69 Å². The molecule has 0 spiro atoms. The average Bonchev–Trinajstić information content (AvgIpc) is 2.66. The van der Waals surface area contributed by atoms with Crippen LogP contribution in [0.5, 0.6) is 0 Å². The van der Waals surface area contributed by atoms with Crippen LogP contribution in [-0.2, 0) is 10.8 Å². The van der Waals surface area contributed by atoms with Crippen LogP contribution in [0.3, 0.4) is 0 Å². The lowest BCUT2D eigenvalue weighted by atomic mass is 10.2. The Morgan fingerprint density at radius 1 is 1.47 bits per heavy atom. The standard InChI is InChI=1S/C13H19N3O2S/c1-8(7-19(3)18)16-12-5-4-10(14)6-11(12)15-13(16)9(2)17/h4-6,8-9,17H,7,14H2,1-3H3. The number of nitrogens with two attached hydrogens (primary N) is 1. The molecule has 3 unspecified atom stereocenters. The van der Waals surface area contributed by atoms with Gasteiger partial charge in [-0.3, -0.25) is 4.21 Å². The third-order valence-corrected chi connectivity index (χ3v) is 3.98. The van der Waals surface area contributed by atoms with Crippen molar-refractivity contribution in [2.45, 2.75) is 26.0 Å². The highest BCUT2D eigenvalue weighted by Crippen LogP contribution is 2.26. The lowest BCUT2D eigenvalue weighted by Gasteiger charge is -2.17. The SMILES string of the molecule is CC(O)c1nc2cc(N)ccc2n1C(C)CS(C)=O. The van der Waals surface area contributed by atoms with Crippen molar-refractivity contribution in [1.29, 1.82) is 0 Å². The number of fused-ring (bicyclic) bond motifs is 1. The Bertz CT molecular complexity index is 622. The van der Waals surface area contributed by atoms with Gasteiger partial charge in [-0.15, -0.1) is 0 Å². The lowest BCUT2D eigenvalue weighted by Crippen LogP contribution is -2.16. The molecule has 5 nitrogen and oxygen atoms in total. The molecule has 0 amide bonds. The van der Waals surface area contributed by atoms with E-state index in [0.29, 0.717) is 17.3 Å². The van der Waals surface area contributed by atoms with Crippen LogP contribution in [0.25, 0.3) is 11.0 Å². The van der Waals surface area contributed by atoms with Crippen molar-refractivity contribution in [2.75, 3.05) is 17.7 Å². The second-order valence-corrected chi connectivity index (χ2v) is 6.33. The number of aliphatic hydroxyl groups is 1. The van der Waals surface area contributed by atoms with Crippen LogP contribution in [0.1, 0.15) is 31.8 Å². The fraction of sp³-hybridized carbons (Fsp3) is 0.462. The zero-order valence-electron chi connectivity index (χ0n) is 11.3. The quantitative estimate of drug-likeness (QED) is 0.834. The first-order chi connectivity index (χ1) is 8.90. The molecule has 0 aliphatic rings. The Balaban J connectivity index is 2.61. The Hall–Kier alpha value is -1.40. The minimum atomic E-state index is -0.904. The van der Waals surface area contributed by atoms with Gasteiger partial charge < -0.3 is 15.4 Å². The number of anilines is 1. The zero-order valence-corrected chi connectivity index (χ0v) is 12.1. The van der Waals surface area contributed by atoms with Gasteiger partial charge in [-0.05, 0) is 32.0 Å². The van der Waals surface area contributed by atoms with Crippen LogP contribution in [0.2, 0.25) is 0 Å². The fourth-order valence-corrected chi connectivity index (χ4v) is 3.13. The normalized spacial score (nSPS) is 16.4.